The van der Waals surface area contributed by atoms with Gasteiger partial charge in [-0.2, -0.15) is 0 Å². The van der Waals surface area contributed by atoms with Gasteiger partial charge in [0.15, 0.2) is 5.96 Å². The first-order valence-corrected chi connectivity index (χ1v) is 13.2. The van der Waals surface area contributed by atoms with Gasteiger partial charge in [-0.15, -0.1) is 0 Å². The molecule has 1 aromatic carbocycles. The number of rotatable bonds is 14. The second kappa shape index (κ2) is 14.6. The molecule has 41 heavy (non-hydrogen) atoms. The van der Waals surface area contributed by atoms with E-state index in [-0.39, 0.29) is 37.5 Å². The van der Waals surface area contributed by atoms with Crippen LogP contribution in [-0.4, -0.2) is 92.0 Å². The van der Waals surface area contributed by atoms with Gasteiger partial charge in [0.25, 0.3) is 0 Å². The Balaban J connectivity index is 1.72. The minimum Gasteiger partial charge on any atom is -0.508 e. The number of aliphatic carboxylic acids is 1. The minimum atomic E-state index is -1.23. The molecule has 4 unspecified atom stereocenters. The van der Waals surface area contributed by atoms with E-state index in [2.05, 4.69) is 25.6 Å². The summed E-state index contributed by atoms with van der Waals surface area (Å²) in [4.78, 5) is 63.6. The van der Waals surface area contributed by atoms with Crippen LogP contribution >= 0.6 is 0 Å². The molecule has 0 spiro atoms. The maximum absolute atomic E-state index is 13.8. The number of carboxylic acids is 1. The van der Waals surface area contributed by atoms with Gasteiger partial charge < -0.3 is 47.9 Å². The Hall–Kier alpha value is -4.66. The molecule has 4 atom stereocenters. The molecular weight excluding hydrogens is 534 g/mol. The summed E-state index contributed by atoms with van der Waals surface area (Å²) in [6.07, 6.45) is 4.51. The highest BCUT2D eigenvalue weighted by atomic mass is 16.4. The van der Waals surface area contributed by atoms with E-state index in [1.807, 2.05) is 0 Å². The molecule has 0 bridgehead atoms. The standard InChI is InChI=1S/C26H37N9O6/c27-18(3-1-9-31-26(28)29)22(37)33-19(11-15-5-7-17(36)8-6-15)24(39)35-10-2-4-21(35)23(38)34-20(25(40)41)12-16-13-30-14-32-16/h5-8,13-14,18-21,36H,1-4,9-12,27H2,(H,30,32)(H,33,37)(H,34,38)(H,40,41)(H4,28,29,31). The first kappa shape index (κ1) is 30.9. The number of aromatic hydroxyl groups is 1. The Morgan fingerprint density at radius 3 is 2.49 bits per heavy atom. The van der Waals surface area contributed by atoms with Crippen LogP contribution in [0.25, 0.3) is 0 Å². The molecule has 1 aromatic heterocycles. The van der Waals surface area contributed by atoms with Crippen LogP contribution in [0.15, 0.2) is 41.8 Å². The van der Waals surface area contributed by atoms with E-state index in [9.17, 15) is 29.4 Å². The molecule has 3 amide bonds. The maximum atomic E-state index is 13.8. The van der Waals surface area contributed by atoms with Crippen molar-refractivity contribution in [1.29, 1.82) is 0 Å². The van der Waals surface area contributed by atoms with Gasteiger partial charge in [-0.05, 0) is 43.4 Å². The Bertz CT molecular complexity index is 1210. The molecule has 1 saturated heterocycles. The maximum Gasteiger partial charge on any atom is 0.326 e. The molecular formula is C26H37N9O6. The predicted octanol–water partition coefficient (Wildman–Crippen LogP) is -1.67. The molecule has 3 rings (SSSR count). The van der Waals surface area contributed by atoms with Crippen molar-refractivity contribution in [2.45, 2.75) is 62.7 Å². The minimum absolute atomic E-state index is 0.0116. The number of amides is 3. The third-order valence-electron chi connectivity index (χ3n) is 6.73. The van der Waals surface area contributed by atoms with Crippen LogP contribution < -0.4 is 27.8 Å². The second-order valence-electron chi connectivity index (χ2n) is 9.86. The van der Waals surface area contributed by atoms with Crippen LogP contribution in [0.5, 0.6) is 5.75 Å². The van der Waals surface area contributed by atoms with Crippen molar-refractivity contribution in [3.8, 4) is 5.75 Å². The largest absolute Gasteiger partial charge is 0.508 e. The summed E-state index contributed by atoms with van der Waals surface area (Å²) in [6, 6.07) is 2.03. The smallest absolute Gasteiger partial charge is 0.326 e. The summed E-state index contributed by atoms with van der Waals surface area (Å²) in [7, 11) is 0. The van der Waals surface area contributed by atoms with E-state index in [1.54, 1.807) is 12.1 Å². The molecule has 0 aliphatic carbocycles. The van der Waals surface area contributed by atoms with Crippen molar-refractivity contribution in [3.63, 3.8) is 0 Å². The molecule has 15 heteroatoms. The number of phenols is 1. The van der Waals surface area contributed by atoms with E-state index >= 15 is 0 Å². The van der Waals surface area contributed by atoms with E-state index in [0.29, 0.717) is 37.1 Å². The average Bonchev–Trinajstić information content (AvgIpc) is 3.63. The van der Waals surface area contributed by atoms with Crippen molar-refractivity contribution in [1.82, 2.24) is 25.5 Å². The van der Waals surface area contributed by atoms with Crippen molar-refractivity contribution in [2.75, 3.05) is 13.1 Å². The topological polar surface area (TPSA) is 255 Å². The molecule has 15 nitrogen and oxygen atoms in total. The number of hydrogen-bond donors (Lipinski definition) is 8. The number of carboxylic acid groups (broad SMARTS) is 1. The first-order chi connectivity index (χ1) is 19.5. The van der Waals surface area contributed by atoms with Gasteiger partial charge in [0.2, 0.25) is 17.7 Å². The fourth-order valence-corrected chi connectivity index (χ4v) is 4.58. The number of aliphatic imine (C=N–C) groups is 1. The zero-order valence-electron chi connectivity index (χ0n) is 22.5. The summed E-state index contributed by atoms with van der Waals surface area (Å²) in [5.74, 6) is -2.91. The number of likely N-dealkylation sites (tertiary alicyclic amines) is 1. The number of carbonyl (C=O) groups excluding carboxylic acids is 3. The predicted molar refractivity (Wildman–Crippen MR) is 148 cm³/mol. The Kier molecular flexibility index (Phi) is 11.0. The SMILES string of the molecule is NC(N)=NCCCC(N)C(=O)NC(Cc1ccc(O)cc1)C(=O)N1CCCC1C(=O)NC(Cc1cnc[nH]1)C(=O)O. The van der Waals surface area contributed by atoms with Crippen molar-refractivity contribution >= 4 is 29.7 Å². The molecule has 0 radical (unpaired) electrons. The van der Waals surface area contributed by atoms with Gasteiger partial charge in [0, 0.05) is 37.8 Å². The molecule has 1 aliphatic rings. The summed E-state index contributed by atoms with van der Waals surface area (Å²) in [5, 5.41) is 24.5. The number of aromatic amines is 1. The number of nitrogens with two attached hydrogens (primary N) is 3. The van der Waals surface area contributed by atoms with E-state index in [1.165, 1.54) is 29.6 Å². The number of phenolic OH excluding ortho intramolecular Hbond substituents is 1. The number of hydrogen-bond acceptors (Lipinski definition) is 8. The number of imidazole rings is 1. The Morgan fingerprint density at radius 1 is 1.12 bits per heavy atom. The van der Waals surface area contributed by atoms with Crippen LogP contribution in [-0.2, 0) is 32.0 Å². The summed E-state index contributed by atoms with van der Waals surface area (Å²) in [6.45, 7) is 0.545. The third-order valence-corrected chi connectivity index (χ3v) is 6.73. The van der Waals surface area contributed by atoms with Gasteiger partial charge in [-0.1, -0.05) is 12.1 Å². The molecule has 0 saturated carbocycles. The van der Waals surface area contributed by atoms with Gasteiger partial charge >= 0.3 is 5.97 Å². The highest BCUT2D eigenvalue weighted by Crippen LogP contribution is 2.21. The number of nitrogens with one attached hydrogen (secondary N) is 3. The summed E-state index contributed by atoms with van der Waals surface area (Å²) >= 11 is 0. The number of guanidine groups is 1. The number of aromatic nitrogens is 2. The van der Waals surface area contributed by atoms with Crippen LogP contribution in [0.3, 0.4) is 0 Å². The second-order valence-corrected chi connectivity index (χ2v) is 9.86. The van der Waals surface area contributed by atoms with Gasteiger partial charge in [-0.25, -0.2) is 9.78 Å². The molecule has 222 valence electrons. The van der Waals surface area contributed by atoms with Crippen molar-refractivity contribution in [2.24, 2.45) is 22.2 Å². The molecule has 1 aliphatic heterocycles. The zero-order chi connectivity index (χ0) is 29.9. The monoisotopic (exact) mass is 571 g/mol. The normalized spacial score (nSPS) is 16.8. The van der Waals surface area contributed by atoms with E-state index in [4.69, 9.17) is 17.2 Å². The van der Waals surface area contributed by atoms with Gasteiger partial charge in [0.1, 0.15) is 23.9 Å². The van der Waals surface area contributed by atoms with Crippen LogP contribution in [0.4, 0.5) is 0 Å². The highest BCUT2D eigenvalue weighted by Gasteiger charge is 2.39. The van der Waals surface area contributed by atoms with Gasteiger partial charge in [0.05, 0.1) is 12.4 Å². The van der Waals surface area contributed by atoms with Gasteiger partial charge in [-0.3, -0.25) is 19.4 Å². The van der Waals surface area contributed by atoms with Crippen molar-refractivity contribution in [3.05, 3.63) is 48.0 Å². The van der Waals surface area contributed by atoms with E-state index < -0.39 is 47.9 Å². The number of nitrogens with zero attached hydrogens (tertiary/aromatic N) is 3. The Morgan fingerprint density at radius 2 is 1.85 bits per heavy atom. The molecule has 11 N–H and O–H groups in total. The lowest BCUT2D eigenvalue weighted by Crippen LogP contribution is -2.57. The highest BCUT2D eigenvalue weighted by molar-refractivity contribution is 5.94. The van der Waals surface area contributed by atoms with Crippen LogP contribution in [0, 0.1) is 0 Å². The number of carbonyl (C=O) groups is 4. The van der Waals surface area contributed by atoms with Crippen LogP contribution in [0.1, 0.15) is 36.9 Å². The summed E-state index contributed by atoms with van der Waals surface area (Å²) < 4.78 is 0. The summed E-state index contributed by atoms with van der Waals surface area (Å²) in [5.41, 5.74) is 17.9. The lowest BCUT2D eigenvalue weighted by Gasteiger charge is -2.30. The fraction of sp³-hybridized carbons (Fsp3) is 0.462. The average molecular weight is 572 g/mol. The molecule has 1 fully saturated rings. The zero-order valence-corrected chi connectivity index (χ0v) is 22.5. The fourth-order valence-electron chi connectivity index (χ4n) is 4.58. The third kappa shape index (κ3) is 9.20. The first-order valence-electron chi connectivity index (χ1n) is 13.2. The lowest BCUT2D eigenvalue weighted by molar-refractivity contribution is -0.144. The molecule has 2 heterocycles. The Labute approximate surface area is 236 Å². The number of benzene rings is 1. The quantitative estimate of drug-likeness (QED) is 0.0726. The van der Waals surface area contributed by atoms with Crippen molar-refractivity contribution < 1.29 is 29.4 Å². The molecule has 2 aromatic rings. The number of H-pyrrole nitrogens is 1. The van der Waals surface area contributed by atoms with E-state index in [0.717, 1.165) is 0 Å². The van der Waals surface area contributed by atoms with Crippen LogP contribution in [0.2, 0.25) is 0 Å². The lowest BCUT2D eigenvalue weighted by atomic mass is 10.0.